The Hall–Kier alpha value is -1.27. The van der Waals surface area contributed by atoms with Gasteiger partial charge in [-0.05, 0) is 12.1 Å². The monoisotopic (exact) mass is 526 g/mol. The van der Waals surface area contributed by atoms with E-state index >= 15 is 0 Å². The molecule has 1 fully saturated rings. The number of aliphatic imine (C=N–C) groups is 1. The Bertz CT molecular complexity index is 722. The number of anilines is 1. The fourth-order valence-corrected chi connectivity index (χ4v) is 3.35. The van der Waals surface area contributed by atoms with Gasteiger partial charge in [-0.2, -0.15) is 0 Å². The van der Waals surface area contributed by atoms with Crippen LogP contribution in [0.5, 0.6) is 5.75 Å². The molecule has 10 heteroatoms. The standard InChI is InChI=1S/C18H30N4O4S.HI/c1-19-18(20-8-13-26-14-15-27(3,23)24)22-11-9-21(10-12-22)16-6-4-5-7-17(16)25-2;/h4-7H,8-15H2,1-3H3,(H,19,20);1H. The van der Waals surface area contributed by atoms with Crippen molar-refractivity contribution in [3.63, 3.8) is 0 Å². The molecular formula is C18H31IN4O4S. The average molecular weight is 526 g/mol. The molecule has 1 aromatic carbocycles. The third-order valence-corrected chi connectivity index (χ3v) is 5.25. The van der Waals surface area contributed by atoms with Crippen LogP contribution in [0.2, 0.25) is 0 Å². The third kappa shape index (κ3) is 8.00. The first-order valence-electron chi connectivity index (χ1n) is 9.03. The third-order valence-electron chi connectivity index (χ3n) is 4.34. The van der Waals surface area contributed by atoms with Gasteiger partial charge in [0, 0.05) is 46.0 Å². The normalized spacial score (nSPS) is 15.2. The van der Waals surface area contributed by atoms with Crippen LogP contribution in [0.3, 0.4) is 0 Å². The average Bonchev–Trinajstić information content (AvgIpc) is 2.67. The lowest BCUT2D eigenvalue weighted by Crippen LogP contribution is -2.53. The molecule has 2 rings (SSSR count). The molecule has 1 N–H and O–H groups in total. The van der Waals surface area contributed by atoms with E-state index in [9.17, 15) is 8.42 Å². The van der Waals surface area contributed by atoms with E-state index in [1.807, 2.05) is 18.2 Å². The lowest BCUT2D eigenvalue weighted by Gasteiger charge is -2.38. The second kappa shape index (κ2) is 12.3. The van der Waals surface area contributed by atoms with Gasteiger partial charge < -0.3 is 24.6 Å². The summed E-state index contributed by atoms with van der Waals surface area (Å²) < 4.78 is 32.9. The molecule has 1 aliphatic rings. The van der Waals surface area contributed by atoms with Crippen LogP contribution in [0.4, 0.5) is 5.69 Å². The van der Waals surface area contributed by atoms with Crippen molar-refractivity contribution in [2.45, 2.75) is 0 Å². The highest BCUT2D eigenvalue weighted by Gasteiger charge is 2.21. The van der Waals surface area contributed by atoms with Gasteiger partial charge >= 0.3 is 0 Å². The van der Waals surface area contributed by atoms with Crippen molar-refractivity contribution in [3.8, 4) is 5.75 Å². The molecule has 0 bridgehead atoms. The molecule has 8 nitrogen and oxygen atoms in total. The molecule has 160 valence electrons. The molecule has 0 spiro atoms. The maximum Gasteiger partial charge on any atom is 0.193 e. The van der Waals surface area contributed by atoms with Gasteiger partial charge in [0.1, 0.15) is 15.6 Å². The fraction of sp³-hybridized carbons (Fsp3) is 0.611. The molecule has 0 radical (unpaired) electrons. The highest BCUT2D eigenvalue weighted by Crippen LogP contribution is 2.28. The quantitative estimate of drug-likeness (QED) is 0.235. The Balaban J connectivity index is 0.00000392. The highest BCUT2D eigenvalue weighted by molar-refractivity contribution is 14.0. The summed E-state index contributed by atoms with van der Waals surface area (Å²) in [7, 11) is 0.483. The zero-order chi connectivity index (χ0) is 19.7. The number of benzene rings is 1. The first-order valence-corrected chi connectivity index (χ1v) is 11.1. The summed E-state index contributed by atoms with van der Waals surface area (Å²) >= 11 is 0. The molecule has 1 aromatic rings. The van der Waals surface area contributed by atoms with Crippen molar-refractivity contribution in [2.24, 2.45) is 4.99 Å². The van der Waals surface area contributed by atoms with Crippen molar-refractivity contribution in [1.82, 2.24) is 10.2 Å². The Kier molecular flexibility index (Phi) is 10.9. The maximum atomic E-state index is 11.1. The van der Waals surface area contributed by atoms with E-state index in [1.165, 1.54) is 6.26 Å². The minimum Gasteiger partial charge on any atom is -0.495 e. The minimum absolute atomic E-state index is 0. The molecule has 0 saturated carbocycles. The zero-order valence-corrected chi connectivity index (χ0v) is 19.9. The molecule has 1 aliphatic heterocycles. The maximum absolute atomic E-state index is 11.1. The number of guanidine groups is 1. The summed E-state index contributed by atoms with van der Waals surface area (Å²) in [6.45, 7) is 4.72. The van der Waals surface area contributed by atoms with Crippen molar-refractivity contribution < 1.29 is 17.9 Å². The number of nitrogens with one attached hydrogen (secondary N) is 1. The summed E-state index contributed by atoms with van der Waals surface area (Å²) in [6, 6.07) is 8.05. The lowest BCUT2D eigenvalue weighted by atomic mass is 10.2. The second-order valence-corrected chi connectivity index (χ2v) is 8.62. The van der Waals surface area contributed by atoms with Crippen LogP contribution < -0.4 is 15.0 Å². The van der Waals surface area contributed by atoms with Gasteiger partial charge in [0.05, 0.1) is 31.8 Å². The van der Waals surface area contributed by atoms with E-state index in [-0.39, 0.29) is 36.3 Å². The minimum atomic E-state index is -2.97. The van der Waals surface area contributed by atoms with Crippen LogP contribution in [0.1, 0.15) is 0 Å². The number of ether oxygens (including phenoxy) is 2. The van der Waals surface area contributed by atoms with Crippen molar-refractivity contribution in [1.29, 1.82) is 0 Å². The van der Waals surface area contributed by atoms with Crippen molar-refractivity contribution in [2.75, 3.05) is 77.0 Å². The number of hydrogen-bond donors (Lipinski definition) is 1. The Morgan fingerprint density at radius 2 is 1.86 bits per heavy atom. The van der Waals surface area contributed by atoms with E-state index in [4.69, 9.17) is 9.47 Å². The smallest absolute Gasteiger partial charge is 0.193 e. The molecular weight excluding hydrogens is 495 g/mol. The van der Waals surface area contributed by atoms with Crippen LogP contribution in [-0.4, -0.2) is 91.4 Å². The number of sulfone groups is 1. The Labute approximate surface area is 185 Å². The summed E-state index contributed by atoms with van der Waals surface area (Å²) in [6.07, 6.45) is 1.21. The van der Waals surface area contributed by atoms with E-state index in [1.54, 1.807) is 14.2 Å². The first-order chi connectivity index (χ1) is 12.9. The van der Waals surface area contributed by atoms with Crippen LogP contribution in [0.15, 0.2) is 29.3 Å². The summed E-state index contributed by atoms with van der Waals surface area (Å²) in [5.41, 5.74) is 1.11. The molecule has 0 unspecified atom stereocenters. The summed E-state index contributed by atoms with van der Waals surface area (Å²) in [4.78, 5) is 8.86. The number of piperazine rings is 1. The van der Waals surface area contributed by atoms with Gasteiger partial charge in [-0.3, -0.25) is 4.99 Å². The van der Waals surface area contributed by atoms with E-state index in [0.29, 0.717) is 13.2 Å². The number of methoxy groups -OCH3 is 1. The van der Waals surface area contributed by atoms with Gasteiger partial charge in [-0.25, -0.2) is 8.42 Å². The number of rotatable bonds is 8. The molecule has 1 heterocycles. The van der Waals surface area contributed by atoms with Gasteiger partial charge in [-0.1, -0.05) is 12.1 Å². The predicted molar refractivity (Wildman–Crippen MR) is 124 cm³/mol. The molecule has 1 saturated heterocycles. The topological polar surface area (TPSA) is 83.5 Å². The van der Waals surface area contributed by atoms with Crippen LogP contribution >= 0.6 is 24.0 Å². The molecule has 0 aromatic heterocycles. The second-order valence-electron chi connectivity index (χ2n) is 6.36. The van der Waals surface area contributed by atoms with Gasteiger partial charge in [0.25, 0.3) is 0 Å². The zero-order valence-electron chi connectivity index (χ0n) is 16.8. The van der Waals surface area contributed by atoms with Crippen molar-refractivity contribution >= 4 is 45.5 Å². The largest absolute Gasteiger partial charge is 0.495 e. The summed E-state index contributed by atoms with van der Waals surface area (Å²) in [5.74, 6) is 1.77. The van der Waals surface area contributed by atoms with Crippen LogP contribution in [0.25, 0.3) is 0 Å². The number of para-hydroxylation sites is 2. The lowest BCUT2D eigenvalue weighted by molar-refractivity contribution is 0.153. The highest BCUT2D eigenvalue weighted by atomic mass is 127. The number of hydrogen-bond acceptors (Lipinski definition) is 6. The molecule has 28 heavy (non-hydrogen) atoms. The first kappa shape index (κ1) is 24.8. The number of nitrogens with zero attached hydrogens (tertiary/aromatic N) is 3. The fourth-order valence-electron chi connectivity index (χ4n) is 2.93. The Morgan fingerprint density at radius 1 is 1.18 bits per heavy atom. The SMILES string of the molecule is CN=C(NCCOCCS(C)(=O)=O)N1CCN(c2ccccc2OC)CC1.I. The van der Waals surface area contributed by atoms with Crippen LogP contribution in [-0.2, 0) is 14.6 Å². The van der Waals surface area contributed by atoms with Crippen molar-refractivity contribution in [3.05, 3.63) is 24.3 Å². The molecule has 0 atom stereocenters. The number of halogens is 1. The predicted octanol–water partition coefficient (Wildman–Crippen LogP) is 1.07. The van der Waals surface area contributed by atoms with Gasteiger partial charge in [0.2, 0.25) is 0 Å². The molecule has 0 aliphatic carbocycles. The van der Waals surface area contributed by atoms with Crippen LogP contribution in [0, 0.1) is 0 Å². The van der Waals surface area contributed by atoms with E-state index < -0.39 is 9.84 Å². The van der Waals surface area contributed by atoms with E-state index in [2.05, 4.69) is 26.2 Å². The van der Waals surface area contributed by atoms with Gasteiger partial charge in [-0.15, -0.1) is 24.0 Å². The molecule has 0 amide bonds. The van der Waals surface area contributed by atoms with Gasteiger partial charge in [0.15, 0.2) is 5.96 Å². The Morgan fingerprint density at radius 3 is 2.46 bits per heavy atom. The summed E-state index contributed by atoms with van der Waals surface area (Å²) in [5, 5.41) is 3.27. The van der Waals surface area contributed by atoms with E-state index in [0.717, 1.165) is 43.6 Å².